The lowest BCUT2D eigenvalue weighted by Crippen LogP contribution is -2.05. The largest absolute Gasteiger partial charge is 0.463 e. The molecule has 0 aliphatic rings. The predicted molar refractivity (Wildman–Crippen MR) is 95.1 cm³/mol. The van der Waals surface area contributed by atoms with Crippen LogP contribution in [0.4, 0.5) is 5.82 Å². The van der Waals surface area contributed by atoms with Crippen molar-refractivity contribution in [3.8, 4) is 11.5 Å². The molecule has 1 N–H and O–H groups in total. The molecule has 0 aliphatic heterocycles. The van der Waals surface area contributed by atoms with Crippen LogP contribution >= 0.6 is 15.9 Å². The molecule has 0 unspecified atom stereocenters. The van der Waals surface area contributed by atoms with Crippen LogP contribution in [-0.4, -0.2) is 14.6 Å². The number of allylic oxidation sites excluding steroid dienone is 4. The first kappa shape index (κ1) is 15.3. The summed E-state index contributed by atoms with van der Waals surface area (Å²) in [6.07, 6.45) is 10.8. The zero-order chi connectivity index (χ0) is 16.2. The quantitative estimate of drug-likeness (QED) is 0.654. The minimum absolute atomic E-state index is 0.701. The van der Waals surface area contributed by atoms with Crippen molar-refractivity contribution in [2.24, 2.45) is 0 Å². The molecule has 116 valence electrons. The number of anilines is 1. The van der Waals surface area contributed by atoms with Crippen LogP contribution in [0, 0.1) is 0 Å². The molecule has 0 amide bonds. The van der Waals surface area contributed by atoms with Gasteiger partial charge in [0.15, 0.2) is 11.4 Å². The van der Waals surface area contributed by atoms with Crippen LogP contribution in [0.3, 0.4) is 0 Å². The summed E-state index contributed by atoms with van der Waals surface area (Å²) in [5.74, 6) is 1.49. The number of rotatable bonds is 5. The summed E-state index contributed by atoms with van der Waals surface area (Å²) in [5, 5.41) is 7.70. The minimum Gasteiger partial charge on any atom is -0.463 e. The van der Waals surface area contributed by atoms with E-state index in [1.54, 1.807) is 23.1 Å². The Kier molecular flexibility index (Phi) is 4.43. The van der Waals surface area contributed by atoms with E-state index >= 15 is 0 Å². The molecule has 3 aromatic heterocycles. The second kappa shape index (κ2) is 6.66. The molecule has 23 heavy (non-hydrogen) atoms. The average molecular weight is 371 g/mol. The Balaban J connectivity index is 2.11. The standard InChI is InChI=1S/C17H15BrN4O/c1-3-5-7-12(4-2)20-16-10-14(15-8-6-9-23-15)21-17-13(18)11-19-22(16)17/h3-11,20H,1H2,2H3/b7-5-,12-4+. The summed E-state index contributed by atoms with van der Waals surface area (Å²) in [6, 6.07) is 5.61. The molecule has 6 heteroatoms. The average Bonchev–Trinajstić information content (AvgIpc) is 3.22. The van der Waals surface area contributed by atoms with Crippen molar-refractivity contribution in [1.29, 1.82) is 0 Å². The molecule has 0 aromatic carbocycles. The van der Waals surface area contributed by atoms with E-state index in [1.807, 2.05) is 43.4 Å². The Labute approximate surface area is 142 Å². The fourth-order valence-electron chi connectivity index (χ4n) is 2.11. The van der Waals surface area contributed by atoms with Gasteiger partial charge < -0.3 is 9.73 Å². The van der Waals surface area contributed by atoms with Crippen LogP contribution in [0.2, 0.25) is 0 Å². The maximum atomic E-state index is 5.46. The summed E-state index contributed by atoms with van der Waals surface area (Å²) in [6.45, 7) is 5.65. The van der Waals surface area contributed by atoms with Crippen LogP contribution in [-0.2, 0) is 0 Å². The van der Waals surface area contributed by atoms with Gasteiger partial charge in [0.2, 0.25) is 0 Å². The van der Waals surface area contributed by atoms with Crippen molar-refractivity contribution >= 4 is 27.4 Å². The minimum atomic E-state index is 0.701. The van der Waals surface area contributed by atoms with Gasteiger partial charge in [-0.25, -0.2) is 4.98 Å². The SMILES string of the molecule is C=C/C=C\C(=C/C)Nc1cc(-c2ccco2)nc2c(Br)cnn12. The van der Waals surface area contributed by atoms with Crippen molar-refractivity contribution in [3.05, 3.63) is 71.7 Å². The Morgan fingerprint density at radius 3 is 3.04 bits per heavy atom. The number of halogens is 1. The number of aromatic nitrogens is 3. The normalized spacial score (nSPS) is 12.2. The van der Waals surface area contributed by atoms with Crippen molar-refractivity contribution in [1.82, 2.24) is 14.6 Å². The lowest BCUT2D eigenvalue weighted by atomic mass is 10.3. The van der Waals surface area contributed by atoms with Crippen molar-refractivity contribution in [2.75, 3.05) is 5.32 Å². The first-order chi connectivity index (χ1) is 11.2. The molecule has 5 nitrogen and oxygen atoms in total. The van der Waals surface area contributed by atoms with Crippen molar-refractivity contribution in [2.45, 2.75) is 6.92 Å². The van der Waals surface area contributed by atoms with Gasteiger partial charge in [-0.2, -0.15) is 9.61 Å². The number of nitrogens with zero attached hydrogens (tertiary/aromatic N) is 3. The van der Waals surface area contributed by atoms with E-state index in [1.165, 1.54) is 0 Å². The fourth-order valence-corrected chi connectivity index (χ4v) is 2.45. The van der Waals surface area contributed by atoms with Crippen LogP contribution in [0.1, 0.15) is 6.92 Å². The van der Waals surface area contributed by atoms with E-state index in [0.717, 1.165) is 21.7 Å². The van der Waals surface area contributed by atoms with Gasteiger partial charge in [0.25, 0.3) is 0 Å². The van der Waals surface area contributed by atoms with Gasteiger partial charge in [0.1, 0.15) is 11.5 Å². The van der Waals surface area contributed by atoms with Crippen LogP contribution in [0.15, 0.2) is 76.1 Å². The molecular formula is C17H15BrN4O. The molecule has 0 bridgehead atoms. The lowest BCUT2D eigenvalue weighted by molar-refractivity contribution is 0.580. The number of furan rings is 1. The van der Waals surface area contributed by atoms with Gasteiger partial charge in [-0.1, -0.05) is 24.8 Å². The summed E-state index contributed by atoms with van der Waals surface area (Å²) in [7, 11) is 0. The van der Waals surface area contributed by atoms with Gasteiger partial charge in [0, 0.05) is 11.8 Å². The second-order valence-corrected chi connectivity index (χ2v) is 5.55. The van der Waals surface area contributed by atoms with Gasteiger partial charge in [-0.15, -0.1) is 0 Å². The Morgan fingerprint density at radius 2 is 2.35 bits per heavy atom. The monoisotopic (exact) mass is 370 g/mol. The molecular weight excluding hydrogens is 356 g/mol. The zero-order valence-corrected chi connectivity index (χ0v) is 14.1. The Bertz CT molecular complexity index is 891. The highest BCUT2D eigenvalue weighted by atomic mass is 79.9. The lowest BCUT2D eigenvalue weighted by Gasteiger charge is -2.10. The second-order valence-electron chi connectivity index (χ2n) is 4.70. The van der Waals surface area contributed by atoms with E-state index in [-0.39, 0.29) is 0 Å². The Morgan fingerprint density at radius 1 is 1.48 bits per heavy atom. The Hall–Kier alpha value is -2.60. The molecule has 0 spiro atoms. The first-order valence-electron chi connectivity index (χ1n) is 7.03. The molecule has 0 radical (unpaired) electrons. The smallest absolute Gasteiger partial charge is 0.172 e. The predicted octanol–water partition coefficient (Wildman–Crippen LogP) is 4.81. The van der Waals surface area contributed by atoms with Gasteiger partial charge in [-0.05, 0) is 41.1 Å². The summed E-state index contributed by atoms with van der Waals surface area (Å²) < 4.78 is 8.01. The molecule has 0 atom stereocenters. The highest BCUT2D eigenvalue weighted by Crippen LogP contribution is 2.26. The van der Waals surface area contributed by atoms with Crippen LogP contribution < -0.4 is 5.32 Å². The molecule has 0 aliphatic carbocycles. The van der Waals surface area contributed by atoms with Crippen LogP contribution in [0.25, 0.3) is 17.1 Å². The third kappa shape index (κ3) is 3.12. The van der Waals surface area contributed by atoms with E-state index in [2.05, 4.69) is 37.9 Å². The maximum Gasteiger partial charge on any atom is 0.172 e. The van der Waals surface area contributed by atoms with E-state index in [9.17, 15) is 0 Å². The summed E-state index contributed by atoms with van der Waals surface area (Å²) in [5.41, 5.74) is 2.37. The first-order valence-corrected chi connectivity index (χ1v) is 7.83. The summed E-state index contributed by atoms with van der Waals surface area (Å²) >= 11 is 3.48. The molecule has 0 fully saturated rings. The number of nitrogens with one attached hydrogen (secondary N) is 1. The third-order valence-corrected chi connectivity index (χ3v) is 3.76. The maximum absolute atomic E-state index is 5.46. The summed E-state index contributed by atoms with van der Waals surface area (Å²) in [4.78, 5) is 4.60. The van der Waals surface area contributed by atoms with Gasteiger partial charge in [-0.3, -0.25) is 0 Å². The highest BCUT2D eigenvalue weighted by molar-refractivity contribution is 9.10. The number of hydrogen-bond donors (Lipinski definition) is 1. The van der Waals surface area contributed by atoms with Crippen LogP contribution in [0.5, 0.6) is 0 Å². The topological polar surface area (TPSA) is 55.4 Å². The molecule has 3 rings (SSSR count). The van der Waals surface area contributed by atoms with E-state index in [0.29, 0.717) is 11.4 Å². The zero-order valence-electron chi connectivity index (χ0n) is 12.5. The van der Waals surface area contributed by atoms with E-state index < -0.39 is 0 Å². The number of hydrogen-bond acceptors (Lipinski definition) is 4. The highest BCUT2D eigenvalue weighted by Gasteiger charge is 2.13. The fraction of sp³-hybridized carbons (Fsp3) is 0.0588. The third-order valence-electron chi connectivity index (χ3n) is 3.20. The van der Waals surface area contributed by atoms with Gasteiger partial charge in [0.05, 0.1) is 16.9 Å². The number of fused-ring (bicyclic) bond motifs is 1. The molecule has 0 saturated heterocycles. The molecule has 0 saturated carbocycles. The van der Waals surface area contributed by atoms with Gasteiger partial charge >= 0.3 is 0 Å². The molecule has 3 aromatic rings. The van der Waals surface area contributed by atoms with Crippen molar-refractivity contribution in [3.63, 3.8) is 0 Å². The van der Waals surface area contributed by atoms with Crippen molar-refractivity contribution < 1.29 is 4.42 Å². The molecule has 3 heterocycles. The van der Waals surface area contributed by atoms with E-state index in [4.69, 9.17) is 4.42 Å².